The lowest BCUT2D eigenvalue weighted by Gasteiger charge is -2.21. The minimum atomic E-state index is 0.0185. The largest absolute Gasteiger partial charge is 0.337 e. The van der Waals surface area contributed by atoms with Crippen LogP contribution in [0, 0.1) is 13.8 Å². The quantitative estimate of drug-likeness (QED) is 0.779. The molecule has 1 saturated carbocycles. The smallest absolute Gasteiger partial charge is 0.252 e. The summed E-state index contributed by atoms with van der Waals surface area (Å²) in [6.07, 6.45) is 6.20. The van der Waals surface area contributed by atoms with Crippen molar-refractivity contribution in [3.8, 4) is 0 Å². The van der Waals surface area contributed by atoms with Gasteiger partial charge in [0.05, 0.1) is 12.1 Å². The number of aromatic nitrogens is 3. The van der Waals surface area contributed by atoms with Gasteiger partial charge < -0.3 is 9.55 Å². The Balaban J connectivity index is 1.67. The van der Waals surface area contributed by atoms with Crippen LogP contribution in [-0.2, 0) is 20.1 Å². The van der Waals surface area contributed by atoms with Crippen molar-refractivity contribution in [2.45, 2.75) is 45.8 Å². The number of hydrogen-bond donors (Lipinski definition) is 1. The highest BCUT2D eigenvalue weighted by Crippen LogP contribution is 2.29. The summed E-state index contributed by atoms with van der Waals surface area (Å²) >= 11 is 0. The Morgan fingerprint density at radius 1 is 1.24 bits per heavy atom. The van der Waals surface area contributed by atoms with E-state index in [9.17, 15) is 4.79 Å². The van der Waals surface area contributed by atoms with Crippen LogP contribution in [0.15, 0.2) is 35.4 Å². The van der Waals surface area contributed by atoms with Crippen LogP contribution >= 0.6 is 0 Å². The molecular formula is C20H24N4O. The van der Waals surface area contributed by atoms with Gasteiger partial charge in [-0.05, 0) is 49.8 Å². The third-order valence-corrected chi connectivity index (χ3v) is 5.07. The zero-order chi connectivity index (χ0) is 17.6. The standard InChI is InChI=1S/C20H24N4O/c1-13-8-14(2)19-15(9-13)10-16(20(25)22-19)11-24(17-4-5-17)12-18-21-6-7-23(18)3/h6-10,17H,4-5,11-12H2,1-3H3,(H,22,25). The molecule has 0 amide bonds. The molecule has 1 aliphatic carbocycles. The summed E-state index contributed by atoms with van der Waals surface area (Å²) in [5.41, 5.74) is 4.13. The third-order valence-electron chi connectivity index (χ3n) is 5.07. The van der Waals surface area contributed by atoms with E-state index in [1.807, 2.05) is 30.9 Å². The molecule has 0 radical (unpaired) electrons. The molecule has 0 unspecified atom stereocenters. The summed E-state index contributed by atoms with van der Waals surface area (Å²) < 4.78 is 2.05. The first kappa shape index (κ1) is 16.1. The first-order chi connectivity index (χ1) is 12.0. The highest BCUT2D eigenvalue weighted by atomic mass is 16.1. The molecule has 0 spiro atoms. The molecule has 5 nitrogen and oxygen atoms in total. The second kappa shape index (κ2) is 6.15. The van der Waals surface area contributed by atoms with E-state index >= 15 is 0 Å². The summed E-state index contributed by atoms with van der Waals surface area (Å²) in [5.74, 6) is 1.04. The van der Waals surface area contributed by atoms with Gasteiger partial charge in [0.2, 0.25) is 0 Å². The molecule has 3 aromatic rings. The maximum atomic E-state index is 12.6. The number of benzene rings is 1. The lowest BCUT2D eigenvalue weighted by molar-refractivity contribution is 0.236. The van der Waals surface area contributed by atoms with E-state index in [-0.39, 0.29) is 5.56 Å². The van der Waals surface area contributed by atoms with Crippen LogP contribution in [0.25, 0.3) is 10.9 Å². The predicted molar refractivity (Wildman–Crippen MR) is 99.5 cm³/mol. The van der Waals surface area contributed by atoms with Crippen LogP contribution in [0.1, 0.15) is 35.4 Å². The average Bonchev–Trinajstić information content (AvgIpc) is 3.32. The summed E-state index contributed by atoms with van der Waals surface area (Å²) in [4.78, 5) is 22.5. The molecule has 2 heterocycles. The number of H-pyrrole nitrogens is 1. The van der Waals surface area contributed by atoms with Crippen molar-refractivity contribution >= 4 is 10.9 Å². The maximum absolute atomic E-state index is 12.6. The van der Waals surface area contributed by atoms with Crippen molar-refractivity contribution in [1.29, 1.82) is 0 Å². The van der Waals surface area contributed by atoms with Gasteiger partial charge in [-0.1, -0.05) is 11.6 Å². The van der Waals surface area contributed by atoms with Crippen LogP contribution in [0.3, 0.4) is 0 Å². The topological polar surface area (TPSA) is 53.9 Å². The Morgan fingerprint density at radius 3 is 2.72 bits per heavy atom. The van der Waals surface area contributed by atoms with Crippen LogP contribution in [0.4, 0.5) is 0 Å². The number of nitrogens with one attached hydrogen (secondary N) is 1. The van der Waals surface area contributed by atoms with Gasteiger partial charge in [0.15, 0.2) is 0 Å². The summed E-state index contributed by atoms with van der Waals surface area (Å²) in [6, 6.07) is 6.87. The molecule has 130 valence electrons. The minimum Gasteiger partial charge on any atom is -0.337 e. The molecule has 0 bridgehead atoms. The van der Waals surface area contributed by atoms with Crippen LogP contribution in [0.2, 0.25) is 0 Å². The number of imidazole rings is 1. The van der Waals surface area contributed by atoms with Crippen LogP contribution < -0.4 is 5.56 Å². The van der Waals surface area contributed by atoms with E-state index < -0.39 is 0 Å². The monoisotopic (exact) mass is 336 g/mol. The van der Waals surface area contributed by atoms with Gasteiger partial charge >= 0.3 is 0 Å². The first-order valence-electron chi connectivity index (χ1n) is 8.84. The van der Waals surface area contributed by atoms with E-state index in [0.717, 1.165) is 34.4 Å². The molecule has 1 N–H and O–H groups in total. The molecule has 2 aromatic heterocycles. The summed E-state index contributed by atoms with van der Waals surface area (Å²) in [6.45, 7) is 5.57. The fraction of sp³-hybridized carbons (Fsp3) is 0.400. The van der Waals surface area contributed by atoms with Crippen molar-refractivity contribution in [2.75, 3.05) is 0 Å². The molecule has 1 aromatic carbocycles. The van der Waals surface area contributed by atoms with E-state index in [1.165, 1.54) is 18.4 Å². The number of aryl methyl sites for hydroxylation is 3. The van der Waals surface area contributed by atoms with Gasteiger partial charge in [0.25, 0.3) is 5.56 Å². The van der Waals surface area contributed by atoms with Gasteiger partial charge in [-0.15, -0.1) is 0 Å². The van der Waals surface area contributed by atoms with Crippen molar-refractivity contribution in [3.63, 3.8) is 0 Å². The Kier molecular flexibility index (Phi) is 3.96. The van der Waals surface area contributed by atoms with Gasteiger partial charge in [0, 0.05) is 37.6 Å². The maximum Gasteiger partial charge on any atom is 0.252 e. The molecule has 25 heavy (non-hydrogen) atoms. The SMILES string of the molecule is Cc1cc(C)c2[nH]c(=O)c(CN(Cc3nccn3C)C3CC3)cc2c1. The normalized spacial score (nSPS) is 14.6. The minimum absolute atomic E-state index is 0.0185. The molecule has 0 atom stereocenters. The lowest BCUT2D eigenvalue weighted by Crippen LogP contribution is -2.29. The highest BCUT2D eigenvalue weighted by Gasteiger charge is 2.30. The van der Waals surface area contributed by atoms with Gasteiger partial charge in [-0.3, -0.25) is 9.69 Å². The molecule has 4 rings (SSSR count). The molecule has 0 saturated heterocycles. The Morgan fingerprint density at radius 2 is 2.04 bits per heavy atom. The lowest BCUT2D eigenvalue weighted by atomic mass is 10.1. The average molecular weight is 336 g/mol. The third kappa shape index (κ3) is 3.24. The van der Waals surface area contributed by atoms with Crippen LogP contribution in [0.5, 0.6) is 0 Å². The molecule has 1 aliphatic rings. The Bertz CT molecular complexity index is 981. The number of rotatable bonds is 5. The second-order valence-corrected chi connectivity index (χ2v) is 7.26. The zero-order valence-corrected chi connectivity index (χ0v) is 15.0. The first-order valence-corrected chi connectivity index (χ1v) is 8.84. The van der Waals surface area contributed by atoms with Gasteiger partial charge in [-0.2, -0.15) is 0 Å². The van der Waals surface area contributed by atoms with Crippen molar-refractivity contribution in [2.24, 2.45) is 7.05 Å². The van der Waals surface area contributed by atoms with Gasteiger partial charge in [0.1, 0.15) is 5.82 Å². The fourth-order valence-electron chi connectivity index (χ4n) is 3.55. The van der Waals surface area contributed by atoms with E-state index in [1.54, 1.807) is 0 Å². The number of nitrogens with zero attached hydrogens (tertiary/aromatic N) is 3. The van der Waals surface area contributed by atoms with Crippen molar-refractivity contribution in [3.05, 3.63) is 63.5 Å². The highest BCUT2D eigenvalue weighted by molar-refractivity contribution is 5.82. The van der Waals surface area contributed by atoms with E-state index in [2.05, 4.69) is 40.0 Å². The summed E-state index contributed by atoms with van der Waals surface area (Å²) in [7, 11) is 2.02. The molecule has 5 heteroatoms. The number of fused-ring (bicyclic) bond motifs is 1. The second-order valence-electron chi connectivity index (χ2n) is 7.26. The fourth-order valence-corrected chi connectivity index (χ4v) is 3.55. The van der Waals surface area contributed by atoms with Crippen molar-refractivity contribution < 1.29 is 0 Å². The Labute approximate surface area is 147 Å². The predicted octanol–water partition coefficient (Wildman–Crippen LogP) is 3.04. The Hall–Kier alpha value is -2.40. The van der Waals surface area contributed by atoms with E-state index in [0.29, 0.717) is 12.6 Å². The van der Waals surface area contributed by atoms with Crippen molar-refractivity contribution in [1.82, 2.24) is 19.4 Å². The molecule has 0 aliphatic heterocycles. The van der Waals surface area contributed by atoms with Gasteiger partial charge in [-0.25, -0.2) is 4.98 Å². The number of hydrogen-bond acceptors (Lipinski definition) is 3. The zero-order valence-electron chi connectivity index (χ0n) is 15.0. The van der Waals surface area contributed by atoms with Crippen LogP contribution in [-0.4, -0.2) is 25.5 Å². The molecule has 1 fully saturated rings. The number of pyridine rings is 1. The summed E-state index contributed by atoms with van der Waals surface area (Å²) in [5, 5.41) is 1.11. The molecular weight excluding hydrogens is 312 g/mol. The van der Waals surface area contributed by atoms with E-state index in [4.69, 9.17) is 0 Å². The number of aromatic amines is 1.